The third-order valence-electron chi connectivity index (χ3n) is 3.86. The van der Waals surface area contributed by atoms with Crippen molar-refractivity contribution in [3.8, 4) is 0 Å². The summed E-state index contributed by atoms with van der Waals surface area (Å²) in [5.74, 6) is 0.524. The largest absolute Gasteiger partial charge is 0.378 e. The van der Waals surface area contributed by atoms with Gasteiger partial charge < -0.3 is 15.0 Å². The predicted octanol–water partition coefficient (Wildman–Crippen LogP) is 2.18. The van der Waals surface area contributed by atoms with Crippen LogP contribution >= 0.6 is 0 Å². The van der Waals surface area contributed by atoms with E-state index in [1.165, 1.54) is 0 Å². The van der Waals surface area contributed by atoms with Crippen molar-refractivity contribution >= 4 is 17.4 Å². The fraction of sp³-hybridized carbons (Fsp3) is 0.353. The van der Waals surface area contributed by atoms with Crippen LogP contribution in [0.25, 0.3) is 0 Å². The Labute approximate surface area is 135 Å². The summed E-state index contributed by atoms with van der Waals surface area (Å²) in [4.78, 5) is 14.4. The Bertz CT molecular complexity index is 694. The fourth-order valence-corrected chi connectivity index (χ4v) is 2.46. The number of carbonyl (C=O) groups excluding carboxylic acids is 1. The number of ether oxygens (including phenoxy) is 1. The third-order valence-corrected chi connectivity index (χ3v) is 3.86. The molecule has 6 nitrogen and oxygen atoms in total. The highest BCUT2D eigenvalue weighted by Gasteiger charge is 2.15. The summed E-state index contributed by atoms with van der Waals surface area (Å²) in [5.41, 5.74) is 3.22. The van der Waals surface area contributed by atoms with Gasteiger partial charge in [-0.2, -0.15) is 0 Å². The van der Waals surface area contributed by atoms with Crippen molar-refractivity contribution in [1.82, 2.24) is 10.2 Å². The highest BCUT2D eigenvalue weighted by molar-refractivity contribution is 6.03. The monoisotopic (exact) mass is 312 g/mol. The predicted molar refractivity (Wildman–Crippen MR) is 88.9 cm³/mol. The van der Waals surface area contributed by atoms with Crippen molar-refractivity contribution in [2.24, 2.45) is 0 Å². The van der Waals surface area contributed by atoms with Crippen LogP contribution < -0.4 is 10.2 Å². The number of carbonyl (C=O) groups is 1. The van der Waals surface area contributed by atoms with Crippen LogP contribution in [0.5, 0.6) is 0 Å². The highest BCUT2D eigenvalue weighted by atomic mass is 16.5. The summed E-state index contributed by atoms with van der Waals surface area (Å²) < 4.78 is 5.32. The Morgan fingerprint density at radius 2 is 1.91 bits per heavy atom. The van der Waals surface area contributed by atoms with E-state index in [0.29, 0.717) is 18.9 Å². The van der Waals surface area contributed by atoms with Crippen LogP contribution in [0.1, 0.15) is 21.6 Å². The second kappa shape index (κ2) is 6.75. The summed E-state index contributed by atoms with van der Waals surface area (Å²) in [7, 11) is 0. The summed E-state index contributed by atoms with van der Waals surface area (Å²) in [5, 5.41) is 11.1. The number of nitrogens with one attached hydrogen (secondary N) is 1. The van der Waals surface area contributed by atoms with Crippen molar-refractivity contribution in [2.75, 3.05) is 36.5 Å². The van der Waals surface area contributed by atoms with Crippen molar-refractivity contribution in [1.29, 1.82) is 0 Å². The second-order valence-electron chi connectivity index (χ2n) is 5.65. The van der Waals surface area contributed by atoms with E-state index in [2.05, 4.69) is 20.4 Å². The van der Waals surface area contributed by atoms with Gasteiger partial charge in [0.15, 0.2) is 11.5 Å². The molecule has 0 spiro atoms. The molecule has 2 heterocycles. The number of anilines is 2. The molecule has 120 valence electrons. The van der Waals surface area contributed by atoms with Crippen LogP contribution in [0, 0.1) is 13.8 Å². The topological polar surface area (TPSA) is 67.4 Å². The molecular formula is C17H20N4O2. The summed E-state index contributed by atoms with van der Waals surface area (Å²) in [6, 6.07) is 9.48. The van der Waals surface area contributed by atoms with Gasteiger partial charge in [0.1, 0.15) is 0 Å². The lowest BCUT2D eigenvalue weighted by atomic mass is 10.1. The molecule has 1 saturated heterocycles. The molecule has 1 N–H and O–H groups in total. The molecule has 1 aliphatic heterocycles. The molecule has 1 aromatic heterocycles. The van der Waals surface area contributed by atoms with E-state index in [-0.39, 0.29) is 5.91 Å². The number of benzene rings is 1. The number of amides is 1. The molecule has 2 aromatic rings. The van der Waals surface area contributed by atoms with Gasteiger partial charge in [0.05, 0.1) is 13.2 Å². The molecule has 6 heteroatoms. The van der Waals surface area contributed by atoms with Crippen LogP contribution in [0.3, 0.4) is 0 Å². The van der Waals surface area contributed by atoms with Gasteiger partial charge in [-0.25, -0.2) is 0 Å². The first-order valence-corrected chi connectivity index (χ1v) is 7.68. The first-order chi connectivity index (χ1) is 11.1. The van der Waals surface area contributed by atoms with Gasteiger partial charge in [-0.3, -0.25) is 4.79 Å². The minimum atomic E-state index is -0.250. The van der Waals surface area contributed by atoms with E-state index >= 15 is 0 Å². The number of nitrogens with zero attached hydrogens (tertiary/aromatic N) is 3. The van der Waals surface area contributed by atoms with Gasteiger partial charge in [-0.1, -0.05) is 12.1 Å². The molecular weight excluding hydrogens is 292 g/mol. The van der Waals surface area contributed by atoms with Crippen LogP contribution in [0.4, 0.5) is 11.5 Å². The van der Waals surface area contributed by atoms with E-state index in [1.54, 1.807) is 6.07 Å². The molecule has 0 aliphatic carbocycles. The molecule has 23 heavy (non-hydrogen) atoms. The maximum absolute atomic E-state index is 12.3. The molecule has 1 amide bonds. The van der Waals surface area contributed by atoms with E-state index in [4.69, 9.17) is 4.74 Å². The van der Waals surface area contributed by atoms with E-state index in [9.17, 15) is 4.79 Å². The van der Waals surface area contributed by atoms with E-state index in [1.807, 2.05) is 38.1 Å². The average Bonchev–Trinajstić information content (AvgIpc) is 2.59. The molecule has 0 radical (unpaired) electrons. The molecule has 1 fully saturated rings. The summed E-state index contributed by atoms with van der Waals surface area (Å²) in [6.07, 6.45) is 0. The highest BCUT2D eigenvalue weighted by Crippen LogP contribution is 2.17. The lowest BCUT2D eigenvalue weighted by Crippen LogP contribution is -2.37. The van der Waals surface area contributed by atoms with Gasteiger partial charge in [0, 0.05) is 18.8 Å². The average molecular weight is 312 g/mol. The van der Waals surface area contributed by atoms with Crippen molar-refractivity contribution in [2.45, 2.75) is 13.8 Å². The Balaban J connectivity index is 1.71. The van der Waals surface area contributed by atoms with Gasteiger partial charge in [0.2, 0.25) is 0 Å². The summed E-state index contributed by atoms with van der Waals surface area (Å²) in [6.45, 7) is 6.92. The number of rotatable bonds is 3. The number of hydrogen-bond donors (Lipinski definition) is 1. The Morgan fingerprint density at radius 1 is 1.13 bits per heavy atom. The van der Waals surface area contributed by atoms with E-state index < -0.39 is 0 Å². The quantitative estimate of drug-likeness (QED) is 0.941. The lowest BCUT2D eigenvalue weighted by Gasteiger charge is -2.27. The third kappa shape index (κ3) is 3.65. The Kier molecular flexibility index (Phi) is 4.52. The Morgan fingerprint density at radius 3 is 2.61 bits per heavy atom. The minimum Gasteiger partial charge on any atom is -0.378 e. The molecule has 1 aromatic carbocycles. The normalized spacial score (nSPS) is 14.6. The lowest BCUT2D eigenvalue weighted by molar-refractivity contribution is 0.102. The molecule has 1 aliphatic rings. The number of aromatic nitrogens is 2. The number of aryl methyl sites for hydroxylation is 2. The van der Waals surface area contributed by atoms with Gasteiger partial charge in [0.25, 0.3) is 5.91 Å². The zero-order valence-electron chi connectivity index (χ0n) is 13.4. The van der Waals surface area contributed by atoms with Crippen LogP contribution in [-0.4, -0.2) is 42.4 Å². The molecule has 0 unspecified atom stereocenters. The first-order valence-electron chi connectivity index (χ1n) is 7.68. The maximum atomic E-state index is 12.3. The zero-order valence-corrected chi connectivity index (χ0v) is 13.4. The van der Waals surface area contributed by atoms with Gasteiger partial charge in [-0.05, 0) is 43.2 Å². The fourth-order valence-electron chi connectivity index (χ4n) is 2.46. The maximum Gasteiger partial charge on any atom is 0.276 e. The SMILES string of the molecule is Cc1ccc(C)c(NC(=O)c2ccc(N3CCOCC3)nn2)c1. The van der Waals surface area contributed by atoms with Gasteiger partial charge >= 0.3 is 0 Å². The van der Waals surface area contributed by atoms with Crippen molar-refractivity contribution < 1.29 is 9.53 Å². The molecule has 0 saturated carbocycles. The smallest absolute Gasteiger partial charge is 0.276 e. The van der Waals surface area contributed by atoms with Crippen molar-refractivity contribution in [3.63, 3.8) is 0 Å². The van der Waals surface area contributed by atoms with Crippen LogP contribution in [0.15, 0.2) is 30.3 Å². The van der Waals surface area contributed by atoms with Crippen molar-refractivity contribution in [3.05, 3.63) is 47.2 Å². The molecule has 0 bridgehead atoms. The molecule has 0 atom stereocenters. The standard InChI is InChI=1S/C17H20N4O2/c1-12-3-4-13(2)15(11-12)18-17(22)14-5-6-16(20-19-14)21-7-9-23-10-8-21/h3-6,11H,7-10H2,1-2H3,(H,18,22). The Hall–Kier alpha value is -2.47. The minimum absolute atomic E-state index is 0.250. The second-order valence-corrected chi connectivity index (χ2v) is 5.65. The van der Waals surface area contributed by atoms with Crippen LogP contribution in [0.2, 0.25) is 0 Å². The van der Waals surface area contributed by atoms with E-state index in [0.717, 1.165) is 35.7 Å². The molecule has 3 rings (SSSR count). The zero-order chi connectivity index (χ0) is 16.2. The summed E-state index contributed by atoms with van der Waals surface area (Å²) >= 11 is 0. The van der Waals surface area contributed by atoms with Gasteiger partial charge in [-0.15, -0.1) is 10.2 Å². The number of hydrogen-bond acceptors (Lipinski definition) is 5. The van der Waals surface area contributed by atoms with Crippen LogP contribution in [-0.2, 0) is 4.74 Å². The first kappa shape index (κ1) is 15.4. The number of morpholine rings is 1.